The number of hydrogen-bond donors (Lipinski definition) is 0. The van der Waals surface area contributed by atoms with Gasteiger partial charge in [-0.1, -0.05) is 42.5 Å². The standard InChI is InChI=1S/C18H19F3O4S2/c1-13(22)17(16-10-6-8-14-7-2-3-9-15(14)16)26(11-4-5-12-26)25-27(23,24)18(19,20)21/h2-3,6-10,17H,4-5,11-12H2,1H3. The molecule has 0 spiro atoms. The van der Waals surface area contributed by atoms with Gasteiger partial charge in [0, 0.05) is 11.5 Å². The molecule has 148 valence electrons. The molecule has 0 N–H and O–H groups in total. The maximum atomic E-state index is 13.0. The van der Waals surface area contributed by atoms with E-state index in [1.54, 1.807) is 24.3 Å². The highest BCUT2D eigenvalue weighted by molar-refractivity contribution is 8.33. The van der Waals surface area contributed by atoms with E-state index in [1.165, 1.54) is 6.92 Å². The smallest absolute Gasteiger partial charge is 0.298 e. The van der Waals surface area contributed by atoms with Crippen LogP contribution >= 0.6 is 10.3 Å². The molecule has 1 aliphatic heterocycles. The van der Waals surface area contributed by atoms with Gasteiger partial charge in [-0.05, 0) is 36.1 Å². The Morgan fingerprint density at radius 2 is 1.67 bits per heavy atom. The van der Waals surface area contributed by atoms with Crippen LogP contribution in [0.25, 0.3) is 10.8 Å². The van der Waals surface area contributed by atoms with Gasteiger partial charge in [0.05, 0.1) is 5.25 Å². The number of alkyl halides is 3. The van der Waals surface area contributed by atoms with Gasteiger partial charge in [-0.2, -0.15) is 21.6 Å². The molecular weight excluding hydrogens is 401 g/mol. The summed E-state index contributed by atoms with van der Waals surface area (Å²) in [5.74, 6) is -0.0911. The van der Waals surface area contributed by atoms with Gasteiger partial charge in [-0.25, -0.2) is 3.63 Å². The zero-order valence-electron chi connectivity index (χ0n) is 14.5. The lowest BCUT2D eigenvalue weighted by molar-refractivity contribution is -0.116. The molecule has 0 aliphatic carbocycles. The molecule has 1 atom stereocenters. The maximum Gasteiger partial charge on any atom is 0.523 e. The fourth-order valence-electron chi connectivity index (χ4n) is 3.59. The van der Waals surface area contributed by atoms with Crippen molar-refractivity contribution in [1.29, 1.82) is 0 Å². The summed E-state index contributed by atoms with van der Waals surface area (Å²) in [4.78, 5) is 12.6. The van der Waals surface area contributed by atoms with Crippen LogP contribution in [0.4, 0.5) is 13.2 Å². The van der Waals surface area contributed by atoms with E-state index in [9.17, 15) is 26.4 Å². The van der Waals surface area contributed by atoms with Crippen molar-refractivity contribution < 1.29 is 30.0 Å². The van der Waals surface area contributed by atoms with Crippen LogP contribution in [0.3, 0.4) is 0 Å². The Morgan fingerprint density at radius 1 is 1.07 bits per heavy atom. The first kappa shape index (κ1) is 20.2. The Balaban J connectivity index is 2.18. The lowest BCUT2D eigenvalue weighted by Gasteiger charge is -2.40. The summed E-state index contributed by atoms with van der Waals surface area (Å²) < 4.78 is 67.5. The van der Waals surface area contributed by atoms with E-state index in [-0.39, 0.29) is 17.3 Å². The maximum absolute atomic E-state index is 13.0. The van der Waals surface area contributed by atoms with E-state index >= 15 is 0 Å². The lowest BCUT2D eigenvalue weighted by atomic mass is 10.0. The Kier molecular flexibility index (Phi) is 5.31. The molecule has 1 saturated heterocycles. The van der Waals surface area contributed by atoms with E-state index in [2.05, 4.69) is 0 Å². The number of carbonyl (C=O) groups is 1. The molecule has 1 fully saturated rings. The molecule has 27 heavy (non-hydrogen) atoms. The molecule has 0 aromatic heterocycles. The van der Waals surface area contributed by atoms with Gasteiger partial charge in [-0.15, -0.1) is 10.3 Å². The van der Waals surface area contributed by atoms with E-state index in [1.807, 2.05) is 18.2 Å². The normalized spacial score (nSPS) is 19.7. The van der Waals surface area contributed by atoms with Crippen molar-refractivity contribution in [1.82, 2.24) is 0 Å². The van der Waals surface area contributed by atoms with Crippen LogP contribution in [0.2, 0.25) is 0 Å². The average Bonchev–Trinajstić information content (AvgIpc) is 3.02. The predicted octanol–water partition coefficient (Wildman–Crippen LogP) is 4.85. The number of halogens is 3. The summed E-state index contributed by atoms with van der Waals surface area (Å²) in [5, 5.41) is 0.516. The van der Waals surface area contributed by atoms with Crippen molar-refractivity contribution in [3.8, 4) is 0 Å². The van der Waals surface area contributed by atoms with Gasteiger partial charge < -0.3 is 0 Å². The van der Waals surface area contributed by atoms with Crippen LogP contribution in [0.15, 0.2) is 42.5 Å². The fraction of sp³-hybridized carbons (Fsp3) is 0.389. The number of ketones is 1. The number of hydrogen-bond acceptors (Lipinski definition) is 4. The molecular formula is C18H19F3O4S2. The lowest BCUT2D eigenvalue weighted by Crippen LogP contribution is -2.31. The van der Waals surface area contributed by atoms with Crippen LogP contribution < -0.4 is 0 Å². The zero-order valence-corrected chi connectivity index (χ0v) is 16.2. The van der Waals surface area contributed by atoms with Crippen molar-refractivity contribution >= 4 is 37.0 Å². The molecule has 1 heterocycles. The molecule has 1 unspecified atom stereocenters. The molecule has 0 amide bonds. The second-order valence-corrected chi connectivity index (χ2v) is 11.5. The molecule has 2 aromatic carbocycles. The number of rotatable bonds is 5. The van der Waals surface area contributed by atoms with Crippen LogP contribution in [0, 0.1) is 0 Å². The van der Waals surface area contributed by atoms with Crippen molar-refractivity contribution in [3.63, 3.8) is 0 Å². The van der Waals surface area contributed by atoms with Gasteiger partial charge in [0.2, 0.25) is 0 Å². The van der Waals surface area contributed by atoms with Gasteiger partial charge in [-0.3, -0.25) is 4.79 Å². The van der Waals surface area contributed by atoms with E-state index in [0.29, 0.717) is 23.8 Å². The van der Waals surface area contributed by atoms with Crippen LogP contribution in [0.1, 0.15) is 30.6 Å². The second kappa shape index (κ2) is 7.10. The minimum absolute atomic E-state index is 0.149. The third-order valence-corrected chi connectivity index (χ3v) is 10.4. The summed E-state index contributed by atoms with van der Waals surface area (Å²) in [6, 6.07) is 12.4. The average molecular weight is 420 g/mol. The Hall–Kier alpha value is -1.58. The minimum atomic E-state index is -5.79. The van der Waals surface area contributed by atoms with Gasteiger partial charge in [0.25, 0.3) is 0 Å². The summed E-state index contributed by atoms with van der Waals surface area (Å²) in [6.07, 6.45) is 1.05. The van der Waals surface area contributed by atoms with Gasteiger partial charge in [0.1, 0.15) is 5.78 Å². The predicted molar refractivity (Wildman–Crippen MR) is 100.0 cm³/mol. The van der Waals surface area contributed by atoms with Crippen molar-refractivity contribution in [2.45, 2.75) is 30.5 Å². The largest absolute Gasteiger partial charge is 0.523 e. The molecule has 0 saturated carbocycles. The van der Waals surface area contributed by atoms with E-state index in [4.69, 9.17) is 3.63 Å². The highest BCUT2D eigenvalue weighted by atomic mass is 32.3. The zero-order chi connectivity index (χ0) is 19.9. The van der Waals surface area contributed by atoms with Gasteiger partial charge in [0.15, 0.2) is 0 Å². The quantitative estimate of drug-likeness (QED) is 0.649. The number of fused-ring (bicyclic) bond motifs is 1. The number of carbonyl (C=O) groups excluding carboxylic acids is 1. The van der Waals surface area contributed by atoms with E-state index in [0.717, 1.165) is 5.39 Å². The molecule has 4 nitrogen and oxygen atoms in total. The van der Waals surface area contributed by atoms with E-state index < -0.39 is 31.2 Å². The van der Waals surface area contributed by atoms with Crippen LogP contribution in [-0.4, -0.2) is 31.2 Å². The molecule has 3 rings (SSSR count). The first-order valence-corrected chi connectivity index (χ1v) is 11.7. The third-order valence-electron chi connectivity index (χ3n) is 4.64. The molecule has 1 aliphatic rings. The first-order chi connectivity index (χ1) is 12.6. The minimum Gasteiger partial charge on any atom is -0.298 e. The molecule has 0 bridgehead atoms. The third kappa shape index (κ3) is 3.72. The Morgan fingerprint density at radius 3 is 2.26 bits per heavy atom. The van der Waals surface area contributed by atoms with Crippen molar-refractivity contribution in [3.05, 3.63) is 48.0 Å². The fourth-order valence-corrected chi connectivity index (χ4v) is 9.52. The van der Waals surface area contributed by atoms with Crippen LogP contribution in [-0.2, 0) is 18.5 Å². The molecule has 2 aromatic rings. The SMILES string of the molecule is CC(=O)C(c1cccc2ccccc12)S1(OS(=O)(=O)C(F)(F)F)CCCC1. The summed E-state index contributed by atoms with van der Waals surface area (Å²) >= 11 is 0. The first-order valence-electron chi connectivity index (χ1n) is 8.35. The van der Waals surface area contributed by atoms with Crippen molar-refractivity contribution in [2.24, 2.45) is 0 Å². The topological polar surface area (TPSA) is 60.4 Å². The molecule has 0 radical (unpaired) electrons. The second-order valence-electron chi connectivity index (χ2n) is 6.51. The Labute approximate surface area is 157 Å². The summed E-state index contributed by atoms with van der Waals surface area (Å²) in [7, 11) is -8.64. The Bertz CT molecular complexity index is 959. The van der Waals surface area contributed by atoms with Crippen LogP contribution in [0.5, 0.6) is 0 Å². The van der Waals surface area contributed by atoms with Crippen molar-refractivity contribution in [2.75, 3.05) is 11.5 Å². The summed E-state index contributed by atoms with van der Waals surface area (Å²) in [5.41, 5.74) is -5.00. The molecule has 9 heteroatoms. The van der Waals surface area contributed by atoms with Gasteiger partial charge >= 0.3 is 15.6 Å². The highest BCUT2D eigenvalue weighted by Crippen LogP contribution is 2.67. The summed E-state index contributed by atoms with van der Waals surface area (Å²) in [6.45, 7) is 1.28. The monoisotopic (exact) mass is 420 g/mol. The number of benzene rings is 2. The number of Topliss-reactive ketones (excluding diaryl/α,β-unsaturated/α-hetero) is 1. The highest BCUT2D eigenvalue weighted by Gasteiger charge is 2.54.